The zero-order chi connectivity index (χ0) is 13.8. The van der Waals surface area contributed by atoms with Gasteiger partial charge < -0.3 is 5.32 Å². The highest BCUT2D eigenvalue weighted by Gasteiger charge is 2.05. The average Bonchev–Trinajstić information content (AvgIpc) is 2.37. The SMILES string of the molecule is Cc1ccc(NC(C)Cc2ccc(Cl)cc2)cc1I. The van der Waals surface area contributed by atoms with Crippen LogP contribution in [0.5, 0.6) is 0 Å². The maximum absolute atomic E-state index is 5.89. The van der Waals surface area contributed by atoms with Gasteiger partial charge in [-0.2, -0.15) is 0 Å². The molecule has 1 atom stereocenters. The van der Waals surface area contributed by atoms with Crippen LogP contribution in [0.25, 0.3) is 0 Å². The Morgan fingerprint density at radius 1 is 1.16 bits per heavy atom. The molecule has 2 rings (SSSR count). The van der Waals surface area contributed by atoms with Crippen LogP contribution in [0.2, 0.25) is 5.02 Å². The minimum atomic E-state index is 0.389. The predicted molar refractivity (Wildman–Crippen MR) is 92.1 cm³/mol. The van der Waals surface area contributed by atoms with Crippen molar-refractivity contribution in [1.29, 1.82) is 0 Å². The molecule has 2 aromatic carbocycles. The number of nitrogens with one attached hydrogen (secondary N) is 1. The lowest BCUT2D eigenvalue weighted by Gasteiger charge is -2.16. The lowest BCUT2D eigenvalue weighted by atomic mass is 10.1. The van der Waals surface area contributed by atoms with E-state index in [0.717, 1.165) is 11.4 Å². The lowest BCUT2D eigenvalue weighted by Crippen LogP contribution is -2.18. The minimum absolute atomic E-state index is 0.389. The Bertz CT molecular complexity index is 551. The van der Waals surface area contributed by atoms with Gasteiger partial charge in [-0.25, -0.2) is 0 Å². The maximum atomic E-state index is 5.89. The summed E-state index contributed by atoms with van der Waals surface area (Å²) in [5, 5.41) is 4.32. The van der Waals surface area contributed by atoms with Gasteiger partial charge in [-0.1, -0.05) is 29.8 Å². The molecule has 0 heterocycles. The molecule has 0 aliphatic rings. The molecule has 1 nitrogen and oxygen atoms in total. The van der Waals surface area contributed by atoms with Gasteiger partial charge in [-0.3, -0.25) is 0 Å². The number of hydrogen-bond donors (Lipinski definition) is 1. The van der Waals surface area contributed by atoms with E-state index in [0.29, 0.717) is 6.04 Å². The average molecular weight is 386 g/mol. The highest BCUT2D eigenvalue weighted by atomic mass is 127. The highest BCUT2D eigenvalue weighted by molar-refractivity contribution is 14.1. The van der Waals surface area contributed by atoms with Crippen LogP contribution in [-0.4, -0.2) is 6.04 Å². The molecule has 3 heteroatoms. The molecule has 2 aromatic rings. The van der Waals surface area contributed by atoms with Gasteiger partial charge in [0.15, 0.2) is 0 Å². The van der Waals surface area contributed by atoms with Gasteiger partial charge in [0.1, 0.15) is 0 Å². The fraction of sp³-hybridized carbons (Fsp3) is 0.250. The Labute approximate surface area is 133 Å². The summed E-state index contributed by atoms with van der Waals surface area (Å²) in [6, 6.07) is 14.9. The third-order valence-electron chi connectivity index (χ3n) is 3.04. The van der Waals surface area contributed by atoms with Crippen molar-refractivity contribution in [3.63, 3.8) is 0 Å². The van der Waals surface area contributed by atoms with Crippen LogP contribution in [-0.2, 0) is 6.42 Å². The summed E-state index contributed by atoms with van der Waals surface area (Å²) in [5.74, 6) is 0. The predicted octanol–water partition coefficient (Wildman–Crippen LogP) is 5.30. The van der Waals surface area contributed by atoms with Gasteiger partial charge in [-0.15, -0.1) is 0 Å². The number of aryl methyl sites for hydroxylation is 1. The van der Waals surface area contributed by atoms with Crippen LogP contribution in [0.1, 0.15) is 18.1 Å². The van der Waals surface area contributed by atoms with Crippen molar-refractivity contribution in [3.05, 3.63) is 62.2 Å². The van der Waals surface area contributed by atoms with Crippen LogP contribution in [0.3, 0.4) is 0 Å². The Kier molecular flexibility index (Phi) is 5.11. The van der Waals surface area contributed by atoms with Gasteiger partial charge in [0.2, 0.25) is 0 Å². The van der Waals surface area contributed by atoms with Gasteiger partial charge >= 0.3 is 0 Å². The third-order valence-corrected chi connectivity index (χ3v) is 4.45. The van der Waals surface area contributed by atoms with Crippen LogP contribution in [0.15, 0.2) is 42.5 Å². The van der Waals surface area contributed by atoms with E-state index < -0.39 is 0 Å². The van der Waals surface area contributed by atoms with Crippen LogP contribution >= 0.6 is 34.2 Å². The topological polar surface area (TPSA) is 12.0 Å². The van der Waals surface area contributed by atoms with Crippen LogP contribution in [0.4, 0.5) is 5.69 Å². The molecule has 0 radical (unpaired) electrons. The van der Waals surface area contributed by atoms with Crippen molar-refractivity contribution >= 4 is 39.9 Å². The van der Waals surface area contributed by atoms with Crippen molar-refractivity contribution in [1.82, 2.24) is 0 Å². The molecule has 0 aliphatic carbocycles. The van der Waals surface area contributed by atoms with Crippen molar-refractivity contribution in [2.24, 2.45) is 0 Å². The lowest BCUT2D eigenvalue weighted by molar-refractivity contribution is 0.790. The zero-order valence-corrected chi connectivity index (χ0v) is 14.0. The Morgan fingerprint density at radius 2 is 1.84 bits per heavy atom. The fourth-order valence-electron chi connectivity index (χ4n) is 1.99. The summed E-state index contributed by atoms with van der Waals surface area (Å²) in [7, 11) is 0. The molecule has 100 valence electrons. The van der Waals surface area contributed by atoms with Crippen molar-refractivity contribution in [3.8, 4) is 0 Å². The molecule has 0 aromatic heterocycles. The third kappa shape index (κ3) is 4.39. The van der Waals surface area contributed by atoms with E-state index in [-0.39, 0.29) is 0 Å². The minimum Gasteiger partial charge on any atom is -0.382 e. The molecule has 1 N–H and O–H groups in total. The molecule has 0 aliphatic heterocycles. The second-order valence-corrected chi connectivity index (χ2v) is 6.44. The smallest absolute Gasteiger partial charge is 0.0406 e. The molecule has 0 saturated heterocycles. The van der Waals surface area contributed by atoms with Crippen LogP contribution in [0, 0.1) is 10.5 Å². The molecular formula is C16H17ClIN. The van der Waals surface area contributed by atoms with Gasteiger partial charge in [0, 0.05) is 20.3 Å². The van der Waals surface area contributed by atoms with E-state index in [4.69, 9.17) is 11.6 Å². The van der Waals surface area contributed by atoms with E-state index >= 15 is 0 Å². The summed E-state index contributed by atoms with van der Waals surface area (Å²) in [6.45, 7) is 4.32. The zero-order valence-electron chi connectivity index (χ0n) is 11.1. The molecule has 0 spiro atoms. The van der Waals surface area contributed by atoms with Crippen molar-refractivity contribution in [2.75, 3.05) is 5.32 Å². The fourth-order valence-corrected chi connectivity index (χ4v) is 2.63. The van der Waals surface area contributed by atoms with Crippen molar-refractivity contribution < 1.29 is 0 Å². The van der Waals surface area contributed by atoms with E-state index in [9.17, 15) is 0 Å². The first-order chi connectivity index (χ1) is 9.04. The summed E-state index contributed by atoms with van der Waals surface area (Å²) >= 11 is 8.26. The molecule has 19 heavy (non-hydrogen) atoms. The van der Waals surface area contributed by atoms with Crippen LogP contribution < -0.4 is 5.32 Å². The van der Waals surface area contributed by atoms with E-state index in [1.165, 1.54) is 20.4 Å². The highest BCUT2D eigenvalue weighted by Crippen LogP contribution is 2.19. The van der Waals surface area contributed by atoms with E-state index in [1.807, 2.05) is 12.1 Å². The Morgan fingerprint density at radius 3 is 2.47 bits per heavy atom. The van der Waals surface area contributed by atoms with E-state index in [2.05, 4.69) is 72.1 Å². The monoisotopic (exact) mass is 385 g/mol. The summed E-state index contributed by atoms with van der Waals surface area (Å²) < 4.78 is 1.29. The van der Waals surface area contributed by atoms with Gasteiger partial charge in [0.05, 0.1) is 0 Å². The van der Waals surface area contributed by atoms with Gasteiger partial charge in [0.25, 0.3) is 0 Å². The molecular weight excluding hydrogens is 369 g/mol. The first kappa shape index (κ1) is 14.7. The molecule has 0 bridgehead atoms. The Hall–Kier alpha value is -0.740. The number of anilines is 1. The normalized spacial score (nSPS) is 12.2. The first-order valence-electron chi connectivity index (χ1n) is 6.32. The second-order valence-electron chi connectivity index (χ2n) is 4.84. The maximum Gasteiger partial charge on any atom is 0.0406 e. The number of benzene rings is 2. The molecule has 0 fully saturated rings. The second kappa shape index (κ2) is 6.62. The summed E-state index contributed by atoms with van der Waals surface area (Å²) in [6.07, 6.45) is 0.988. The summed E-state index contributed by atoms with van der Waals surface area (Å²) in [5.41, 5.74) is 3.79. The van der Waals surface area contributed by atoms with E-state index in [1.54, 1.807) is 0 Å². The summed E-state index contributed by atoms with van der Waals surface area (Å²) in [4.78, 5) is 0. The molecule has 1 unspecified atom stereocenters. The quantitative estimate of drug-likeness (QED) is 0.705. The first-order valence-corrected chi connectivity index (χ1v) is 7.77. The standard InChI is InChI=1S/C16H17ClIN/c1-11-3-8-15(10-16(11)18)19-12(2)9-13-4-6-14(17)7-5-13/h3-8,10,12,19H,9H2,1-2H3. The number of hydrogen-bond acceptors (Lipinski definition) is 1. The number of halogens is 2. The number of rotatable bonds is 4. The Balaban J connectivity index is 1.98. The van der Waals surface area contributed by atoms with Crippen molar-refractivity contribution in [2.45, 2.75) is 26.3 Å². The largest absolute Gasteiger partial charge is 0.382 e. The molecule has 0 amide bonds. The molecule has 0 saturated carbocycles. The van der Waals surface area contributed by atoms with Gasteiger partial charge in [-0.05, 0) is 78.3 Å².